The van der Waals surface area contributed by atoms with Gasteiger partial charge in [-0.05, 0) is 107 Å². The van der Waals surface area contributed by atoms with Gasteiger partial charge >= 0.3 is 5.97 Å². The highest BCUT2D eigenvalue weighted by molar-refractivity contribution is 5.66. The minimum absolute atomic E-state index is 0.0687. The van der Waals surface area contributed by atoms with Crippen LogP contribution in [0.3, 0.4) is 0 Å². The normalized spacial score (nSPS) is 40.1. The fraction of sp³-hybridized carbons (Fsp3) is 0.781. The Hall–Kier alpha value is -1.43. The van der Waals surface area contributed by atoms with Crippen LogP contribution in [-0.2, 0) is 9.53 Å². The van der Waals surface area contributed by atoms with Crippen molar-refractivity contribution in [2.45, 2.75) is 119 Å². The van der Waals surface area contributed by atoms with E-state index in [2.05, 4.69) is 54.5 Å². The third-order valence-corrected chi connectivity index (χ3v) is 11.0. The summed E-state index contributed by atoms with van der Waals surface area (Å²) in [6.45, 7) is 16.8. The average Bonchev–Trinajstić information content (AvgIpc) is 3.13. The molecular formula is C32H50O5. The summed E-state index contributed by atoms with van der Waals surface area (Å²) in [7, 11) is 0. The first kappa shape index (κ1) is 28.6. The molecule has 208 valence electrons. The van der Waals surface area contributed by atoms with E-state index in [1.807, 2.05) is 0 Å². The Bertz CT molecular complexity index is 1000. The number of ether oxygens (including phenoxy) is 1. The summed E-state index contributed by atoms with van der Waals surface area (Å²) in [5.41, 5.74) is 4.30. The molecule has 0 heterocycles. The zero-order valence-electron chi connectivity index (χ0n) is 24.3. The van der Waals surface area contributed by atoms with Gasteiger partial charge in [0.1, 0.15) is 0 Å². The Morgan fingerprint density at radius 3 is 2.41 bits per heavy atom. The van der Waals surface area contributed by atoms with Gasteiger partial charge < -0.3 is 20.1 Å². The number of hydrogen-bond donors (Lipinski definition) is 3. The minimum atomic E-state index is -0.774. The van der Waals surface area contributed by atoms with Crippen molar-refractivity contribution in [1.29, 1.82) is 0 Å². The SMILES string of the molecule is CC(=O)OC=C(CC[C@@H](C)[C@H]1CC=C2C3=C([C@@H](O)C[C@@]21C)[C@@]1(C)C[C@@H](O)[C@H](O)C(C)(C)C1CC3)C(C)C. The summed E-state index contributed by atoms with van der Waals surface area (Å²) in [5.74, 6) is 1.19. The molecule has 0 saturated heterocycles. The molecule has 4 aliphatic carbocycles. The van der Waals surface area contributed by atoms with Crippen LogP contribution in [0, 0.1) is 39.9 Å². The van der Waals surface area contributed by atoms with Crippen molar-refractivity contribution in [2.75, 3.05) is 0 Å². The molecule has 0 aromatic heterocycles. The van der Waals surface area contributed by atoms with Crippen LogP contribution < -0.4 is 0 Å². The second kappa shape index (κ2) is 9.95. The maximum atomic E-state index is 11.8. The number of aliphatic hydroxyl groups is 3. The lowest BCUT2D eigenvalue weighted by atomic mass is 9.45. The second-order valence-electron chi connectivity index (χ2n) is 14.0. The molecule has 1 fully saturated rings. The van der Waals surface area contributed by atoms with Crippen molar-refractivity contribution < 1.29 is 24.9 Å². The lowest BCUT2D eigenvalue weighted by Crippen LogP contribution is -2.60. The van der Waals surface area contributed by atoms with Crippen LogP contribution in [-0.4, -0.2) is 39.6 Å². The molecule has 0 aromatic carbocycles. The van der Waals surface area contributed by atoms with Crippen LogP contribution in [0.5, 0.6) is 0 Å². The van der Waals surface area contributed by atoms with Gasteiger partial charge in [0, 0.05) is 6.92 Å². The number of allylic oxidation sites excluding steroid dienone is 4. The summed E-state index contributed by atoms with van der Waals surface area (Å²) < 4.78 is 5.20. The number of aliphatic hydroxyl groups excluding tert-OH is 3. The van der Waals surface area contributed by atoms with Crippen LogP contribution in [0.1, 0.15) is 100 Å². The molecule has 5 nitrogen and oxygen atoms in total. The van der Waals surface area contributed by atoms with Crippen LogP contribution in [0.25, 0.3) is 0 Å². The highest BCUT2D eigenvalue weighted by Gasteiger charge is 2.61. The first-order valence-corrected chi connectivity index (χ1v) is 14.5. The van der Waals surface area contributed by atoms with Crippen molar-refractivity contribution in [3.63, 3.8) is 0 Å². The summed E-state index contributed by atoms with van der Waals surface area (Å²) in [4.78, 5) is 11.3. The van der Waals surface area contributed by atoms with Gasteiger partial charge in [-0.3, -0.25) is 4.79 Å². The van der Waals surface area contributed by atoms with E-state index in [4.69, 9.17) is 4.74 Å². The molecule has 4 aliphatic rings. The summed E-state index contributed by atoms with van der Waals surface area (Å²) in [5, 5.41) is 33.4. The van der Waals surface area contributed by atoms with E-state index in [1.165, 1.54) is 23.6 Å². The fourth-order valence-electron chi connectivity index (χ4n) is 9.10. The Morgan fingerprint density at radius 2 is 1.78 bits per heavy atom. The van der Waals surface area contributed by atoms with E-state index in [-0.39, 0.29) is 22.7 Å². The monoisotopic (exact) mass is 514 g/mol. The molecule has 0 aliphatic heterocycles. The first-order valence-electron chi connectivity index (χ1n) is 14.5. The number of hydrogen-bond acceptors (Lipinski definition) is 5. The molecule has 0 spiro atoms. The number of rotatable bonds is 6. The van der Waals surface area contributed by atoms with Crippen LogP contribution in [0.15, 0.2) is 34.6 Å². The Balaban J connectivity index is 1.59. The molecule has 1 unspecified atom stereocenters. The van der Waals surface area contributed by atoms with Gasteiger partial charge in [0.15, 0.2) is 0 Å². The highest BCUT2D eigenvalue weighted by Crippen LogP contribution is 2.66. The zero-order valence-corrected chi connectivity index (χ0v) is 24.3. The van der Waals surface area contributed by atoms with Gasteiger partial charge in [-0.1, -0.05) is 54.5 Å². The third kappa shape index (κ3) is 4.67. The van der Waals surface area contributed by atoms with E-state index in [0.717, 1.165) is 37.7 Å². The first-order chi connectivity index (χ1) is 17.1. The van der Waals surface area contributed by atoms with E-state index < -0.39 is 23.7 Å². The molecule has 0 aromatic rings. The van der Waals surface area contributed by atoms with E-state index in [1.54, 1.807) is 6.26 Å². The van der Waals surface area contributed by atoms with Crippen LogP contribution >= 0.6 is 0 Å². The van der Waals surface area contributed by atoms with Gasteiger partial charge in [-0.25, -0.2) is 0 Å². The molecule has 37 heavy (non-hydrogen) atoms. The fourth-order valence-corrected chi connectivity index (χ4v) is 9.10. The third-order valence-electron chi connectivity index (χ3n) is 11.0. The molecule has 4 rings (SSSR count). The predicted molar refractivity (Wildman–Crippen MR) is 146 cm³/mol. The number of fused-ring (bicyclic) bond motifs is 4. The lowest BCUT2D eigenvalue weighted by Gasteiger charge is -2.61. The van der Waals surface area contributed by atoms with Crippen LogP contribution in [0.2, 0.25) is 0 Å². The maximum Gasteiger partial charge on any atom is 0.307 e. The van der Waals surface area contributed by atoms with Crippen molar-refractivity contribution >= 4 is 5.97 Å². The van der Waals surface area contributed by atoms with Crippen molar-refractivity contribution in [2.24, 2.45) is 39.9 Å². The molecule has 8 atom stereocenters. The molecule has 1 saturated carbocycles. The molecule has 5 heteroatoms. The molecule has 3 N–H and O–H groups in total. The summed E-state index contributed by atoms with van der Waals surface area (Å²) in [6, 6.07) is 0. The molecule has 0 bridgehead atoms. The van der Waals surface area contributed by atoms with E-state index in [9.17, 15) is 20.1 Å². The Kier molecular flexibility index (Phi) is 7.69. The number of esters is 1. The quantitative estimate of drug-likeness (QED) is 0.295. The average molecular weight is 515 g/mol. The van der Waals surface area contributed by atoms with Crippen molar-refractivity contribution in [3.05, 3.63) is 34.6 Å². The van der Waals surface area contributed by atoms with Gasteiger partial charge in [0.05, 0.1) is 24.6 Å². The second-order valence-corrected chi connectivity index (χ2v) is 14.0. The Labute approximate surface area is 224 Å². The number of carbonyl (C=O) groups is 1. The summed E-state index contributed by atoms with van der Waals surface area (Å²) in [6.07, 6.45) is 8.15. The van der Waals surface area contributed by atoms with Crippen molar-refractivity contribution in [1.82, 2.24) is 0 Å². The smallest absolute Gasteiger partial charge is 0.307 e. The van der Waals surface area contributed by atoms with Gasteiger partial charge in [0.25, 0.3) is 0 Å². The number of carbonyl (C=O) groups excluding carboxylic acids is 1. The van der Waals surface area contributed by atoms with E-state index in [0.29, 0.717) is 30.6 Å². The van der Waals surface area contributed by atoms with E-state index >= 15 is 0 Å². The van der Waals surface area contributed by atoms with Crippen molar-refractivity contribution in [3.8, 4) is 0 Å². The summed E-state index contributed by atoms with van der Waals surface area (Å²) >= 11 is 0. The predicted octanol–water partition coefficient (Wildman–Crippen LogP) is 6.09. The van der Waals surface area contributed by atoms with Crippen LogP contribution in [0.4, 0.5) is 0 Å². The topological polar surface area (TPSA) is 87.0 Å². The molecular weight excluding hydrogens is 464 g/mol. The van der Waals surface area contributed by atoms with Gasteiger partial charge in [0.2, 0.25) is 0 Å². The lowest BCUT2D eigenvalue weighted by molar-refractivity contribution is -0.159. The highest BCUT2D eigenvalue weighted by atomic mass is 16.5. The van der Waals surface area contributed by atoms with Gasteiger partial charge in [-0.2, -0.15) is 0 Å². The maximum absolute atomic E-state index is 11.8. The van der Waals surface area contributed by atoms with Gasteiger partial charge in [-0.15, -0.1) is 0 Å². The standard InChI is InChI=1S/C32H50O5/c1-18(2)21(17-37-20(4)33)10-9-19(3)23-12-13-24-22-11-14-27-30(5,6)29(36)26(35)16-32(27,8)28(22)25(34)15-31(23,24)7/h13,17-19,23,25-27,29,34-36H,9-12,14-16H2,1-8H3/t19-,23-,25+,26-,27?,29+,31-,32+/m1/s1. The largest absolute Gasteiger partial charge is 0.435 e. The molecule has 0 amide bonds. The Morgan fingerprint density at radius 1 is 1.11 bits per heavy atom. The zero-order chi connectivity index (χ0) is 27.5. The molecule has 0 radical (unpaired) electrons. The minimum Gasteiger partial charge on any atom is -0.435 e.